The van der Waals surface area contributed by atoms with Gasteiger partial charge in [0.05, 0.1) is 19.0 Å². The molecule has 4 rings (SSSR count). The van der Waals surface area contributed by atoms with Gasteiger partial charge in [-0.25, -0.2) is 4.98 Å². The van der Waals surface area contributed by atoms with Crippen molar-refractivity contribution in [1.82, 2.24) is 9.88 Å². The SMILES string of the molecule is O[C@@H](C[C@H]1CCCCCN1Cc1ncc(C2CC2)o1)c1ccco1. The van der Waals surface area contributed by atoms with Gasteiger partial charge in [0.1, 0.15) is 17.6 Å². The summed E-state index contributed by atoms with van der Waals surface area (Å²) in [7, 11) is 0. The molecule has 2 fully saturated rings. The number of rotatable bonds is 6. The van der Waals surface area contributed by atoms with Crippen LogP contribution in [0.25, 0.3) is 0 Å². The fourth-order valence-corrected chi connectivity index (χ4v) is 3.69. The molecule has 2 aliphatic rings. The minimum Gasteiger partial charge on any atom is -0.467 e. The predicted octanol–water partition coefficient (Wildman–Crippen LogP) is 4.01. The summed E-state index contributed by atoms with van der Waals surface area (Å²) < 4.78 is 11.3. The van der Waals surface area contributed by atoms with Gasteiger partial charge >= 0.3 is 0 Å². The lowest BCUT2D eigenvalue weighted by atomic mass is 10.0. The van der Waals surface area contributed by atoms with Gasteiger partial charge < -0.3 is 13.9 Å². The first-order chi connectivity index (χ1) is 11.8. The van der Waals surface area contributed by atoms with E-state index in [1.165, 1.54) is 32.1 Å². The van der Waals surface area contributed by atoms with E-state index in [-0.39, 0.29) is 0 Å². The van der Waals surface area contributed by atoms with Gasteiger partial charge in [-0.05, 0) is 50.8 Å². The lowest BCUT2D eigenvalue weighted by molar-refractivity contribution is 0.0788. The van der Waals surface area contributed by atoms with Crippen LogP contribution in [0.4, 0.5) is 0 Å². The summed E-state index contributed by atoms with van der Waals surface area (Å²) in [5, 5.41) is 10.5. The highest BCUT2D eigenvalue weighted by atomic mass is 16.4. The highest BCUT2D eigenvalue weighted by Crippen LogP contribution is 2.40. The van der Waals surface area contributed by atoms with Crippen molar-refractivity contribution in [3.8, 4) is 0 Å². The fraction of sp³-hybridized carbons (Fsp3) is 0.632. The molecule has 0 amide bonds. The molecule has 5 nitrogen and oxygen atoms in total. The van der Waals surface area contributed by atoms with Crippen LogP contribution in [-0.2, 0) is 6.54 Å². The standard InChI is InChI=1S/C19H26N2O3/c22-16(17-6-4-10-23-17)11-15-5-2-1-3-9-21(15)13-19-20-12-18(24-19)14-7-8-14/h4,6,10,12,14-16,22H,1-3,5,7-9,11,13H2/t15-,16+/m1/s1. The Bertz CT molecular complexity index is 633. The van der Waals surface area contributed by atoms with E-state index in [2.05, 4.69) is 9.88 Å². The Morgan fingerprint density at radius 2 is 2.17 bits per heavy atom. The van der Waals surface area contributed by atoms with Crippen LogP contribution in [0, 0.1) is 0 Å². The molecule has 0 unspecified atom stereocenters. The largest absolute Gasteiger partial charge is 0.467 e. The van der Waals surface area contributed by atoms with Crippen molar-refractivity contribution in [2.24, 2.45) is 0 Å². The number of aliphatic hydroxyl groups is 1. The maximum atomic E-state index is 10.5. The number of aromatic nitrogens is 1. The molecule has 0 spiro atoms. The van der Waals surface area contributed by atoms with Crippen LogP contribution in [0.1, 0.15) is 74.4 Å². The lowest BCUT2D eigenvalue weighted by Crippen LogP contribution is -2.35. The topological polar surface area (TPSA) is 62.6 Å². The maximum absolute atomic E-state index is 10.5. The Morgan fingerprint density at radius 3 is 2.96 bits per heavy atom. The van der Waals surface area contributed by atoms with Crippen molar-refractivity contribution >= 4 is 0 Å². The maximum Gasteiger partial charge on any atom is 0.208 e. The molecule has 1 saturated heterocycles. The van der Waals surface area contributed by atoms with E-state index >= 15 is 0 Å². The van der Waals surface area contributed by atoms with Gasteiger partial charge in [-0.3, -0.25) is 4.90 Å². The van der Waals surface area contributed by atoms with Crippen molar-refractivity contribution in [1.29, 1.82) is 0 Å². The monoisotopic (exact) mass is 330 g/mol. The van der Waals surface area contributed by atoms with Crippen LogP contribution in [0.2, 0.25) is 0 Å². The summed E-state index contributed by atoms with van der Waals surface area (Å²) in [6.07, 6.45) is 10.9. The highest BCUT2D eigenvalue weighted by Gasteiger charge is 2.29. The lowest BCUT2D eigenvalue weighted by Gasteiger charge is -2.30. The molecular formula is C19H26N2O3. The van der Waals surface area contributed by atoms with Gasteiger partial charge in [-0.15, -0.1) is 0 Å². The van der Waals surface area contributed by atoms with Crippen molar-refractivity contribution in [3.05, 3.63) is 42.0 Å². The number of hydrogen-bond donors (Lipinski definition) is 1. The molecule has 1 aliphatic carbocycles. The molecule has 3 heterocycles. The van der Waals surface area contributed by atoms with Crippen LogP contribution >= 0.6 is 0 Å². The van der Waals surface area contributed by atoms with E-state index in [0.29, 0.717) is 24.1 Å². The molecule has 1 N–H and O–H groups in total. The molecule has 1 saturated carbocycles. The number of furan rings is 1. The molecule has 2 aromatic heterocycles. The van der Waals surface area contributed by atoms with Crippen LogP contribution in [-0.4, -0.2) is 27.6 Å². The summed E-state index contributed by atoms with van der Waals surface area (Å²) in [6.45, 7) is 1.78. The van der Waals surface area contributed by atoms with Gasteiger partial charge in [-0.1, -0.05) is 12.8 Å². The minimum atomic E-state index is -0.544. The first-order valence-corrected chi connectivity index (χ1v) is 9.19. The van der Waals surface area contributed by atoms with E-state index in [4.69, 9.17) is 8.83 Å². The molecule has 2 aromatic rings. The minimum absolute atomic E-state index is 0.337. The van der Waals surface area contributed by atoms with Crippen LogP contribution in [0.5, 0.6) is 0 Å². The van der Waals surface area contributed by atoms with E-state index in [9.17, 15) is 5.11 Å². The Labute approximate surface area is 142 Å². The summed E-state index contributed by atoms with van der Waals surface area (Å²) in [5.41, 5.74) is 0. The zero-order chi connectivity index (χ0) is 16.4. The van der Waals surface area contributed by atoms with E-state index < -0.39 is 6.10 Å². The highest BCUT2D eigenvalue weighted by molar-refractivity contribution is 5.08. The Hall–Kier alpha value is -1.59. The van der Waals surface area contributed by atoms with Gasteiger partial charge in [0.15, 0.2) is 0 Å². The molecule has 2 atom stereocenters. The smallest absolute Gasteiger partial charge is 0.208 e. The van der Waals surface area contributed by atoms with Crippen molar-refractivity contribution in [2.45, 2.75) is 69.6 Å². The average molecular weight is 330 g/mol. The number of likely N-dealkylation sites (tertiary alicyclic amines) is 1. The number of oxazole rings is 1. The molecule has 24 heavy (non-hydrogen) atoms. The van der Waals surface area contributed by atoms with Crippen molar-refractivity contribution in [2.75, 3.05) is 6.54 Å². The summed E-state index contributed by atoms with van der Waals surface area (Å²) in [4.78, 5) is 6.91. The molecule has 130 valence electrons. The molecule has 0 bridgehead atoms. The molecule has 0 radical (unpaired) electrons. The average Bonchev–Trinajstić information content (AvgIpc) is 3.15. The molecule has 5 heteroatoms. The van der Waals surface area contributed by atoms with Crippen molar-refractivity contribution in [3.63, 3.8) is 0 Å². The number of hydrogen-bond acceptors (Lipinski definition) is 5. The summed E-state index contributed by atoms with van der Waals surface area (Å²) in [6, 6.07) is 4.01. The summed E-state index contributed by atoms with van der Waals surface area (Å²) in [5.74, 6) is 3.13. The third-order valence-corrected chi connectivity index (χ3v) is 5.26. The third kappa shape index (κ3) is 3.73. The van der Waals surface area contributed by atoms with E-state index in [0.717, 1.165) is 31.2 Å². The number of nitrogens with zero attached hydrogens (tertiary/aromatic N) is 2. The van der Waals surface area contributed by atoms with Gasteiger partial charge in [-0.2, -0.15) is 0 Å². The van der Waals surface area contributed by atoms with Crippen LogP contribution < -0.4 is 0 Å². The first-order valence-electron chi connectivity index (χ1n) is 9.19. The van der Waals surface area contributed by atoms with E-state index in [1.54, 1.807) is 6.26 Å². The second-order valence-corrected chi connectivity index (χ2v) is 7.17. The zero-order valence-electron chi connectivity index (χ0n) is 14.1. The second kappa shape index (κ2) is 7.11. The number of aliphatic hydroxyl groups excluding tert-OH is 1. The first kappa shape index (κ1) is 15.9. The molecule has 1 aliphatic heterocycles. The fourth-order valence-electron chi connectivity index (χ4n) is 3.69. The van der Waals surface area contributed by atoms with Gasteiger partial charge in [0.25, 0.3) is 0 Å². The Morgan fingerprint density at radius 1 is 1.25 bits per heavy atom. The van der Waals surface area contributed by atoms with E-state index in [1.807, 2.05) is 18.3 Å². The molecule has 0 aromatic carbocycles. The third-order valence-electron chi connectivity index (χ3n) is 5.26. The molecular weight excluding hydrogens is 304 g/mol. The Balaban J connectivity index is 1.42. The van der Waals surface area contributed by atoms with Crippen LogP contribution in [0.15, 0.2) is 33.4 Å². The van der Waals surface area contributed by atoms with Crippen LogP contribution in [0.3, 0.4) is 0 Å². The Kier molecular flexibility index (Phi) is 4.72. The summed E-state index contributed by atoms with van der Waals surface area (Å²) >= 11 is 0. The van der Waals surface area contributed by atoms with Crippen molar-refractivity contribution < 1.29 is 13.9 Å². The normalized spacial score (nSPS) is 24.0. The van der Waals surface area contributed by atoms with Gasteiger partial charge in [0, 0.05) is 12.0 Å². The van der Waals surface area contributed by atoms with Gasteiger partial charge in [0.2, 0.25) is 5.89 Å². The predicted molar refractivity (Wildman–Crippen MR) is 89.4 cm³/mol. The quantitative estimate of drug-likeness (QED) is 0.867. The second-order valence-electron chi connectivity index (χ2n) is 7.17. The zero-order valence-corrected chi connectivity index (χ0v) is 14.1.